The molecule has 164 valence electrons. The lowest BCUT2D eigenvalue weighted by molar-refractivity contribution is 0.00578. The second-order valence-electron chi connectivity index (χ2n) is 8.50. The Hall–Kier alpha value is -2.84. The smallest absolute Gasteiger partial charge is 0.445 e. The van der Waals surface area contributed by atoms with Crippen molar-refractivity contribution >= 4 is 25.0 Å². The van der Waals surface area contributed by atoms with Gasteiger partial charge in [0.15, 0.2) is 0 Å². The van der Waals surface area contributed by atoms with Crippen molar-refractivity contribution in [3.8, 4) is 0 Å². The summed E-state index contributed by atoms with van der Waals surface area (Å²) in [6, 6.07) is 13.5. The maximum absolute atomic E-state index is 13.8. The maximum Gasteiger partial charge on any atom is 0.492 e. The number of nitrogens with two attached hydrogens (primary N) is 1. The summed E-state index contributed by atoms with van der Waals surface area (Å²) in [6.07, 6.45) is 1.09. The van der Waals surface area contributed by atoms with Gasteiger partial charge in [-0.15, -0.1) is 0 Å². The molecule has 2 aromatic carbocycles. The van der Waals surface area contributed by atoms with E-state index in [1.807, 2.05) is 58.0 Å². The van der Waals surface area contributed by atoms with Crippen LogP contribution in [-0.4, -0.2) is 31.0 Å². The molecule has 1 saturated heterocycles. The van der Waals surface area contributed by atoms with Gasteiger partial charge in [-0.2, -0.15) is 0 Å². The summed E-state index contributed by atoms with van der Waals surface area (Å²) < 4.78 is 31.3. The van der Waals surface area contributed by atoms with E-state index in [1.54, 1.807) is 6.08 Å². The van der Waals surface area contributed by atoms with Crippen LogP contribution in [0.3, 0.4) is 0 Å². The molecule has 0 aromatic heterocycles. The number of carbonyl (C=O) groups is 1. The van der Waals surface area contributed by atoms with Gasteiger partial charge in [0.1, 0.15) is 12.4 Å². The molecule has 0 radical (unpaired) electrons. The van der Waals surface area contributed by atoms with E-state index in [4.69, 9.17) is 19.8 Å². The minimum atomic E-state index is -0.734. The SMILES string of the molecule is CC1(C)OB(C(=Cc2cc(F)ccc2N)CNC(=O)OCc2ccccc2)OC1(C)C. The Morgan fingerprint density at radius 2 is 1.77 bits per heavy atom. The van der Waals surface area contributed by atoms with Gasteiger partial charge in [-0.05, 0) is 62.5 Å². The first kappa shape index (κ1) is 22.8. The van der Waals surface area contributed by atoms with Crippen LogP contribution in [0.1, 0.15) is 38.8 Å². The van der Waals surface area contributed by atoms with E-state index in [0.717, 1.165) is 5.56 Å². The van der Waals surface area contributed by atoms with Crippen LogP contribution < -0.4 is 11.1 Å². The summed E-state index contributed by atoms with van der Waals surface area (Å²) in [4.78, 5) is 12.2. The van der Waals surface area contributed by atoms with Crippen LogP contribution in [0.5, 0.6) is 0 Å². The highest BCUT2D eigenvalue weighted by atomic mass is 19.1. The van der Waals surface area contributed by atoms with Crippen LogP contribution >= 0.6 is 0 Å². The van der Waals surface area contributed by atoms with Crippen LogP contribution in [0.2, 0.25) is 0 Å². The van der Waals surface area contributed by atoms with E-state index in [-0.39, 0.29) is 13.2 Å². The van der Waals surface area contributed by atoms with Crippen LogP contribution in [0.25, 0.3) is 6.08 Å². The molecule has 1 fully saturated rings. The van der Waals surface area contributed by atoms with E-state index in [1.165, 1.54) is 18.2 Å². The van der Waals surface area contributed by atoms with E-state index < -0.39 is 30.2 Å². The molecule has 1 aliphatic rings. The van der Waals surface area contributed by atoms with Gasteiger partial charge in [0.25, 0.3) is 0 Å². The fraction of sp³-hybridized carbons (Fsp3) is 0.348. The number of carbonyl (C=O) groups excluding carboxylic acids is 1. The first-order valence-corrected chi connectivity index (χ1v) is 10.1. The summed E-state index contributed by atoms with van der Waals surface area (Å²) in [6.45, 7) is 7.97. The lowest BCUT2D eigenvalue weighted by Gasteiger charge is -2.32. The summed E-state index contributed by atoms with van der Waals surface area (Å²) >= 11 is 0. The van der Waals surface area contributed by atoms with Crippen molar-refractivity contribution < 1.29 is 23.2 Å². The van der Waals surface area contributed by atoms with Gasteiger partial charge >= 0.3 is 13.2 Å². The normalized spacial score (nSPS) is 17.5. The molecular weight excluding hydrogens is 398 g/mol. The molecule has 1 amide bonds. The molecule has 31 heavy (non-hydrogen) atoms. The van der Waals surface area contributed by atoms with Crippen LogP contribution in [-0.2, 0) is 20.7 Å². The summed E-state index contributed by atoms with van der Waals surface area (Å²) in [5.41, 5.74) is 7.22. The third kappa shape index (κ3) is 5.65. The number of anilines is 1. The highest BCUT2D eigenvalue weighted by Crippen LogP contribution is 2.39. The zero-order chi connectivity index (χ0) is 22.6. The number of hydrogen-bond acceptors (Lipinski definition) is 5. The average molecular weight is 426 g/mol. The minimum absolute atomic E-state index is 0.0837. The van der Waals surface area contributed by atoms with Crippen LogP contribution in [0.4, 0.5) is 14.9 Å². The van der Waals surface area contributed by atoms with Crippen molar-refractivity contribution in [1.29, 1.82) is 0 Å². The monoisotopic (exact) mass is 426 g/mol. The minimum Gasteiger partial charge on any atom is -0.445 e. The molecule has 0 saturated carbocycles. The number of nitrogens with one attached hydrogen (secondary N) is 1. The molecule has 8 heteroatoms. The number of halogens is 1. The number of nitrogen functional groups attached to an aromatic ring is 1. The molecule has 1 aliphatic heterocycles. The Balaban J connectivity index is 1.75. The average Bonchev–Trinajstić information content (AvgIpc) is 2.94. The van der Waals surface area contributed by atoms with E-state index >= 15 is 0 Å². The van der Waals surface area contributed by atoms with Crippen molar-refractivity contribution in [2.24, 2.45) is 0 Å². The Labute approximate surface area is 182 Å². The number of alkyl carbamates (subject to hydrolysis) is 1. The predicted octanol–water partition coefficient (Wildman–Crippen LogP) is 4.35. The van der Waals surface area contributed by atoms with Gasteiger partial charge in [0.2, 0.25) is 0 Å². The second kappa shape index (κ2) is 9.12. The van der Waals surface area contributed by atoms with Crippen molar-refractivity contribution in [1.82, 2.24) is 5.32 Å². The number of rotatable bonds is 6. The molecule has 0 atom stereocenters. The first-order chi connectivity index (χ1) is 14.6. The van der Waals surface area contributed by atoms with Gasteiger partial charge in [-0.3, -0.25) is 0 Å². The zero-order valence-electron chi connectivity index (χ0n) is 18.3. The topological polar surface area (TPSA) is 82.8 Å². The van der Waals surface area contributed by atoms with Gasteiger partial charge < -0.3 is 25.1 Å². The van der Waals surface area contributed by atoms with Crippen molar-refractivity contribution in [2.75, 3.05) is 12.3 Å². The molecule has 3 N–H and O–H groups in total. The third-order valence-electron chi connectivity index (χ3n) is 5.60. The molecule has 0 bridgehead atoms. The van der Waals surface area contributed by atoms with Gasteiger partial charge in [0, 0.05) is 12.2 Å². The standard InChI is InChI=1S/C23H28BFN2O4/c1-22(2)23(3,4)31-24(30-22)18(12-17-13-19(25)10-11-20(17)26)14-27-21(28)29-15-16-8-6-5-7-9-16/h5-13H,14-15,26H2,1-4H3,(H,27,28). The predicted molar refractivity (Wildman–Crippen MR) is 120 cm³/mol. The molecule has 3 rings (SSSR count). The number of ether oxygens (including phenoxy) is 1. The zero-order valence-corrected chi connectivity index (χ0v) is 18.3. The van der Waals surface area contributed by atoms with Crippen LogP contribution in [0, 0.1) is 5.82 Å². The molecule has 6 nitrogen and oxygen atoms in total. The Kier molecular flexibility index (Phi) is 6.72. The van der Waals surface area contributed by atoms with Gasteiger partial charge in [-0.1, -0.05) is 36.4 Å². The van der Waals surface area contributed by atoms with Crippen molar-refractivity contribution in [3.05, 3.63) is 70.9 Å². The van der Waals surface area contributed by atoms with E-state index in [2.05, 4.69) is 5.32 Å². The lowest BCUT2D eigenvalue weighted by Crippen LogP contribution is -2.41. The summed E-state index contributed by atoms with van der Waals surface area (Å²) in [5.74, 6) is -0.413. The second-order valence-corrected chi connectivity index (χ2v) is 8.50. The van der Waals surface area contributed by atoms with E-state index in [9.17, 15) is 9.18 Å². The number of amides is 1. The van der Waals surface area contributed by atoms with Gasteiger partial charge in [-0.25, -0.2) is 9.18 Å². The van der Waals surface area contributed by atoms with Crippen LogP contribution in [0.15, 0.2) is 54.0 Å². The molecule has 0 unspecified atom stereocenters. The summed E-state index contributed by atoms with van der Waals surface area (Å²) in [5, 5.41) is 2.71. The first-order valence-electron chi connectivity index (χ1n) is 10.1. The Morgan fingerprint density at radius 1 is 1.13 bits per heavy atom. The molecule has 0 spiro atoms. The van der Waals surface area contributed by atoms with Gasteiger partial charge in [0.05, 0.1) is 11.2 Å². The molecule has 2 aromatic rings. The molecule has 0 aliphatic carbocycles. The molecular formula is C23H28BFN2O4. The Morgan fingerprint density at radius 3 is 2.42 bits per heavy atom. The van der Waals surface area contributed by atoms with Crippen molar-refractivity contribution in [3.63, 3.8) is 0 Å². The lowest BCUT2D eigenvalue weighted by atomic mass is 9.77. The van der Waals surface area contributed by atoms with Crippen molar-refractivity contribution in [2.45, 2.75) is 45.5 Å². The number of benzene rings is 2. The third-order valence-corrected chi connectivity index (χ3v) is 5.60. The fourth-order valence-corrected chi connectivity index (χ4v) is 3.02. The highest BCUT2D eigenvalue weighted by Gasteiger charge is 2.52. The quantitative estimate of drug-likeness (QED) is 0.530. The Bertz CT molecular complexity index is 947. The maximum atomic E-state index is 13.8. The number of hydrogen-bond donors (Lipinski definition) is 2. The molecule has 1 heterocycles. The summed E-state index contributed by atoms with van der Waals surface area (Å²) in [7, 11) is -0.734. The highest BCUT2D eigenvalue weighted by molar-refractivity contribution is 6.56. The van der Waals surface area contributed by atoms with E-state index in [0.29, 0.717) is 16.7 Å². The fourth-order valence-electron chi connectivity index (χ4n) is 3.02. The largest absolute Gasteiger partial charge is 0.492 e.